The van der Waals surface area contributed by atoms with E-state index in [0.717, 1.165) is 21.7 Å². The van der Waals surface area contributed by atoms with Crippen molar-refractivity contribution in [2.45, 2.75) is 13.5 Å². The number of thiophene rings is 1. The van der Waals surface area contributed by atoms with Crippen molar-refractivity contribution in [3.63, 3.8) is 0 Å². The van der Waals surface area contributed by atoms with Crippen molar-refractivity contribution in [2.75, 3.05) is 7.11 Å². The summed E-state index contributed by atoms with van der Waals surface area (Å²) < 4.78 is 7.93. The lowest BCUT2D eigenvalue weighted by Gasteiger charge is -2.07. The predicted molar refractivity (Wildman–Crippen MR) is 106 cm³/mol. The second-order valence-corrected chi connectivity index (χ2v) is 7.27. The Morgan fingerprint density at radius 2 is 1.81 bits per heavy atom. The average Bonchev–Trinajstić information content (AvgIpc) is 3.12. The molecule has 0 fully saturated rings. The summed E-state index contributed by atoms with van der Waals surface area (Å²) in [6.45, 7) is 2.76. The zero-order chi connectivity index (χ0) is 18.1. The second kappa shape index (κ2) is 6.77. The van der Waals surface area contributed by atoms with Gasteiger partial charge in [0.15, 0.2) is 0 Å². The van der Waals surface area contributed by atoms with Gasteiger partial charge in [0.2, 0.25) is 0 Å². The van der Waals surface area contributed by atoms with Gasteiger partial charge >= 0.3 is 0 Å². The molecule has 2 aromatic carbocycles. The highest BCUT2D eigenvalue weighted by atomic mass is 32.1. The van der Waals surface area contributed by atoms with Crippen LogP contribution in [0, 0.1) is 6.92 Å². The van der Waals surface area contributed by atoms with Gasteiger partial charge in [0.25, 0.3) is 5.56 Å². The standard InChI is InChI=1S/C21H18N2O2S/c1-14-3-5-15(6-4-14)12-23-13-22-21(24)20-18(23)11-19(26-20)16-7-9-17(25-2)10-8-16/h3-11,13H,12H2,1-2H3. The minimum Gasteiger partial charge on any atom is -0.497 e. The fourth-order valence-corrected chi connectivity index (χ4v) is 3.97. The fourth-order valence-electron chi connectivity index (χ4n) is 2.90. The third-order valence-electron chi connectivity index (χ3n) is 4.38. The summed E-state index contributed by atoms with van der Waals surface area (Å²) in [4.78, 5) is 17.3. The molecule has 2 heterocycles. The summed E-state index contributed by atoms with van der Waals surface area (Å²) in [5, 5.41) is 0. The maximum atomic E-state index is 12.2. The highest BCUT2D eigenvalue weighted by molar-refractivity contribution is 7.22. The van der Waals surface area contributed by atoms with Crippen LogP contribution in [0.5, 0.6) is 5.75 Å². The van der Waals surface area contributed by atoms with Crippen LogP contribution in [-0.2, 0) is 6.54 Å². The molecule has 130 valence electrons. The van der Waals surface area contributed by atoms with E-state index in [1.165, 1.54) is 22.5 Å². The van der Waals surface area contributed by atoms with Crippen molar-refractivity contribution in [3.05, 3.63) is 82.4 Å². The zero-order valence-corrected chi connectivity index (χ0v) is 15.4. The minimum absolute atomic E-state index is 0.176. The van der Waals surface area contributed by atoms with E-state index in [1.807, 2.05) is 28.8 Å². The molecule has 0 unspecified atom stereocenters. The lowest BCUT2D eigenvalue weighted by atomic mass is 10.1. The molecule has 0 amide bonds. The molecule has 0 aliphatic rings. The molecule has 0 aliphatic heterocycles. The molecule has 0 spiro atoms. The number of ether oxygens (including phenoxy) is 1. The van der Waals surface area contributed by atoms with Crippen LogP contribution in [0.1, 0.15) is 11.1 Å². The van der Waals surface area contributed by atoms with Gasteiger partial charge in [0, 0.05) is 11.4 Å². The largest absolute Gasteiger partial charge is 0.497 e. The van der Waals surface area contributed by atoms with Crippen molar-refractivity contribution in [1.82, 2.24) is 9.55 Å². The van der Waals surface area contributed by atoms with E-state index in [9.17, 15) is 4.79 Å². The number of rotatable bonds is 4. The van der Waals surface area contributed by atoms with Gasteiger partial charge in [0.05, 0.1) is 19.0 Å². The van der Waals surface area contributed by atoms with Crippen molar-refractivity contribution in [2.24, 2.45) is 0 Å². The molecule has 4 aromatic rings. The SMILES string of the molecule is COc1ccc(-c2cc3c(s2)c(=O)ncn3Cc2ccc(C)cc2)cc1. The fraction of sp³-hybridized carbons (Fsp3) is 0.143. The number of aromatic nitrogens is 2. The number of nitrogens with zero attached hydrogens (tertiary/aromatic N) is 2. The first-order valence-corrected chi connectivity index (χ1v) is 9.14. The maximum Gasteiger partial charge on any atom is 0.290 e. The van der Waals surface area contributed by atoms with Crippen LogP contribution in [0.4, 0.5) is 0 Å². The van der Waals surface area contributed by atoms with Gasteiger partial charge in [-0.2, -0.15) is 4.98 Å². The molecule has 0 bridgehead atoms. The van der Waals surface area contributed by atoms with Gasteiger partial charge in [-0.25, -0.2) is 0 Å². The van der Waals surface area contributed by atoms with Crippen LogP contribution >= 0.6 is 11.3 Å². The molecular formula is C21H18N2O2S. The molecule has 26 heavy (non-hydrogen) atoms. The Labute approximate surface area is 155 Å². The Morgan fingerprint density at radius 3 is 2.50 bits per heavy atom. The Hall–Kier alpha value is -2.92. The Bertz CT molecular complexity index is 1110. The van der Waals surface area contributed by atoms with E-state index in [0.29, 0.717) is 11.2 Å². The predicted octanol–water partition coefficient (Wildman–Crippen LogP) is 4.49. The Morgan fingerprint density at radius 1 is 1.08 bits per heavy atom. The van der Waals surface area contributed by atoms with Gasteiger partial charge in [-0.05, 0) is 48.4 Å². The molecular weight excluding hydrogens is 344 g/mol. The lowest BCUT2D eigenvalue weighted by molar-refractivity contribution is 0.415. The van der Waals surface area contributed by atoms with Crippen LogP contribution in [0.3, 0.4) is 0 Å². The highest BCUT2D eigenvalue weighted by Gasteiger charge is 2.11. The number of benzene rings is 2. The van der Waals surface area contributed by atoms with Crippen LogP contribution in [0.2, 0.25) is 0 Å². The topological polar surface area (TPSA) is 44.1 Å². The first kappa shape index (κ1) is 16.5. The van der Waals surface area contributed by atoms with Gasteiger partial charge in [-0.15, -0.1) is 11.3 Å². The molecule has 4 nitrogen and oxygen atoms in total. The number of fused-ring (bicyclic) bond motifs is 1. The van der Waals surface area contributed by atoms with E-state index >= 15 is 0 Å². The van der Waals surface area contributed by atoms with Gasteiger partial charge in [0.1, 0.15) is 10.4 Å². The van der Waals surface area contributed by atoms with E-state index < -0.39 is 0 Å². The Balaban J connectivity index is 1.77. The molecule has 5 heteroatoms. The first-order valence-electron chi connectivity index (χ1n) is 8.33. The number of hydrogen-bond acceptors (Lipinski definition) is 4. The molecule has 2 aromatic heterocycles. The zero-order valence-electron chi connectivity index (χ0n) is 14.6. The summed E-state index contributed by atoms with van der Waals surface area (Å²) in [7, 11) is 1.65. The van der Waals surface area contributed by atoms with E-state index in [1.54, 1.807) is 13.4 Å². The summed E-state index contributed by atoms with van der Waals surface area (Å²) in [6.07, 6.45) is 1.63. The molecule has 0 atom stereocenters. The van der Waals surface area contributed by atoms with Crippen LogP contribution in [0.25, 0.3) is 20.7 Å². The summed E-state index contributed by atoms with van der Waals surface area (Å²) in [6, 6.07) is 18.3. The molecule has 4 rings (SSSR count). The van der Waals surface area contributed by atoms with E-state index in [4.69, 9.17) is 4.74 Å². The monoisotopic (exact) mass is 362 g/mol. The highest BCUT2D eigenvalue weighted by Crippen LogP contribution is 2.32. The quantitative estimate of drug-likeness (QED) is 0.537. The van der Waals surface area contributed by atoms with Gasteiger partial charge in [-0.3, -0.25) is 4.79 Å². The smallest absolute Gasteiger partial charge is 0.290 e. The van der Waals surface area contributed by atoms with Crippen LogP contribution in [-0.4, -0.2) is 16.7 Å². The van der Waals surface area contributed by atoms with Gasteiger partial charge in [-0.1, -0.05) is 29.8 Å². The molecule has 0 radical (unpaired) electrons. The Kier molecular flexibility index (Phi) is 4.31. The lowest BCUT2D eigenvalue weighted by Crippen LogP contribution is -2.11. The maximum absolute atomic E-state index is 12.2. The van der Waals surface area contributed by atoms with Crippen molar-refractivity contribution in [1.29, 1.82) is 0 Å². The molecule has 0 saturated carbocycles. The molecule has 0 saturated heterocycles. The number of aryl methyl sites for hydroxylation is 1. The van der Waals surface area contributed by atoms with E-state index in [2.05, 4.69) is 42.2 Å². The van der Waals surface area contributed by atoms with E-state index in [-0.39, 0.29) is 5.56 Å². The number of methoxy groups -OCH3 is 1. The van der Waals surface area contributed by atoms with Crippen LogP contribution in [0.15, 0.2) is 65.7 Å². The average molecular weight is 362 g/mol. The third kappa shape index (κ3) is 3.13. The number of hydrogen-bond donors (Lipinski definition) is 0. The summed E-state index contributed by atoms with van der Waals surface area (Å²) in [5.41, 5.74) is 4.22. The third-order valence-corrected chi connectivity index (χ3v) is 5.54. The van der Waals surface area contributed by atoms with Crippen LogP contribution < -0.4 is 10.3 Å². The van der Waals surface area contributed by atoms with Crippen molar-refractivity contribution < 1.29 is 4.74 Å². The van der Waals surface area contributed by atoms with Crippen molar-refractivity contribution >= 4 is 21.6 Å². The minimum atomic E-state index is -0.176. The summed E-state index contributed by atoms with van der Waals surface area (Å²) in [5.74, 6) is 0.815. The first-order chi connectivity index (χ1) is 12.6. The normalized spacial score (nSPS) is 11.0. The second-order valence-electron chi connectivity index (χ2n) is 6.22. The van der Waals surface area contributed by atoms with Crippen molar-refractivity contribution in [3.8, 4) is 16.2 Å². The molecule has 0 N–H and O–H groups in total. The summed E-state index contributed by atoms with van der Waals surface area (Å²) >= 11 is 1.48. The van der Waals surface area contributed by atoms with Gasteiger partial charge < -0.3 is 9.30 Å². The molecule has 0 aliphatic carbocycles.